The van der Waals surface area contributed by atoms with E-state index >= 15 is 0 Å². The third-order valence-corrected chi connectivity index (χ3v) is 7.79. The molecule has 1 aliphatic heterocycles. The highest BCUT2D eigenvalue weighted by Gasteiger charge is 2.34. The first-order chi connectivity index (χ1) is 15.3. The number of methoxy groups -OCH3 is 1. The van der Waals surface area contributed by atoms with Gasteiger partial charge in [-0.2, -0.15) is 8.42 Å². The number of nitrogens with zero attached hydrogens (tertiary/aromatic N) is 2. The number of esters is 1. The van der Waals surface area contributed by atoms with Gasteiger partial charge in [0.15, 0.2) is 5.03 Å². The minimum atomic E-state index is -3.98. The zero-order valence-electron chi connectivity index (χ0n) is 17.5. The second-order valence-electron chi connectivity index (χ2n) is 7.09. The van der Waals surface area contributed by atoms with Crippen molar-refractivity contribution >= 4 is 33.0 Å². The van der Waals surface area contributed by atoms with Gasteiger partial charge in [0.2, 0.25) is 0 Å². The predicted octanol–water partition coefficient (Wildman–Crippen LogP) is 4.28. The molecule has 0 radical (unpaired) electrons. The fraction of sp³-hybridized carbons (Fsp3) is 0.273. The molecule has 0 aliphatic carbocycles. The number of carbonyl (C=O) groups excluding carboxylic acids is 1. The van der Waals surface area contributed by atoms with Crippen molar-refractivity contribution < 1.29 is 27.1 Å². The molecule has 7 nitrogen and oxygen atoms in total. The number of hydrogen-bond donors (Lipinski definition) is 0. The highest BCUT2D eigenvalue weighted by molar-refractivity contribution is 7.92. The van der Waals surface area contributed by atoms with Crippen molar-refractivity contribution in [1.82, 2.24) is 4.98 Å². The largest absolute Gasteiger partial charge is 0.495 e. The summed E-state index contributed by atoms with van der Waals surface area (Å²) in [5.74, 6) is -0.586. The van der Waals surface area contributed by atoms with E-state index in [1.54, 1.807) is 25.1 Å². The number of ether oxygens (including phenoxy) is 2. The number of carbonyl (C=O) groups is 1. The molecule has 10 heteroatoms. The van der Waals surface area contributed by atoms with Gasteiger partial charge in [0.05, 0.1) is 25.0 Å². The highest BCUT2D eigenvalue weighted by atomic mass is 32.2. The first-order valence-corrected chi connectivity index (χ1v) is 12.3. The second-order valence-corrected chi connectivity index (χ2v) is 9.75. The molecule has 0 saturated carbocycles. The standard InChI is InChI=1S/C22H21FN2O5S2/c1-3-30-22(26)16-11-15-5-4-10-25(20(15)18(12-16)29-2)32(27,28)19-13-31-21(24-19)14-6-8-17(23)9-7-14/h6-9,11-13H,3-5,10H2,1-2H3. The number of sulfonamides is 1. The van der Waals surface area contributed by atoms with Gasteiger partial charge in [0.25, 0.3) is 10.0 Å². The molecule has 0 amide bonds. The topological polar surface area (TPSA) is 85.8 Å². The quantitative estimate of drug-likeness (QED) is 0.494. The lowest BCUT2D eigenvalue weighted by molar-refractivity contribution is 0.0526. The van der Waals surface area contributed by atoms with Crippen molar-refractivity contribution in [2.24, 2.45) is 0 Å². The van der Waals surface area contributed by atoms with Crippen molar-refractivity contribution in [3.8, 4) is 16.3 Å². The number of anilines is 1. The Kier molecular flexibility index (Phi) is 6.16. The molecule has 0 saturated heterocycles. The molecule has 2 heterocycles. The highest BCUT2D eigenvalue weighted by Crippen LogP contribution is 2.41. The Morgan fingerprint density at radius 1 is 1.25 bits per heavy atom. The number of aromatic nitrogens is 1. The van der Waals surface area contributed by atoms with Crippen LogP contribution in [0.15, 0.2) is 46.8 Å². The van der Waals surface area contributed by atoms with Crippen LogP contribution in [0.4, 0.5) is 10.1 Å². The number of halogens is 1. The van der Waals surface area contributed by atoms with Gasteiger partial charge in [-0.3, -0.25) is 4.31 Å². The molecule has 4 rings (SSSR count). The summed E-state index contributed by atoms with van der Waals surface area (Å²) in [6, 6.07) is 8.87. The lowest BCUT2D eigenvalue weighted by atomic mass is 10.00. The molecular weight excluding hydrogens is 455 g/mol. The maximum absolute atomic E-state index is 13.5. The molecule has 3 aromatic rings. The van der Waals surface area contributed by atoms with E-state index in [0.717, 1.165) is 0 Å². The summed E-state index contributed by atoms with van der Waals surface area (Å²) in [6.45, 7) is 2.21. The smallest absolute Gasteiger partial charge is 0.338 e. The van der Waals surface area contributed by atoms with E-state index in [0.29, 0.717) is 40.2 Å². The van der Waals surface area contributed by atoms with Crippen LogP contribution in [-0.2, 0) is 21.2 Å². The van der Waals surface area contributed by atoms with Gasteiger partial charge in [0.1, 0.15) is 16.6 Å². The minimum Gasteiger partial charge on any atom is -0.495 e. The molecule has 168 valence electrons. The van der Waals surface area contributed by atoms with E-state index in [1.807, 2.05) is 0 Å². The maximum Gasteiger partial charge on any atom is 0.338 e. The lowest BCUT2D eigenvalue weighted by Crippen LogP contribution is -2.36. The summed E-state index contributed by atoms with van der Waals surface area (Å²) in [7, 11) is -2.55. The van der Waals surface area contributed by atoms with Crippen molar-refractivity contribution in [1.29, 1.82) is 0 Å². The third-order valence-electron chi connectivity index (χ3n) is 5.07. The van der Waals surface area contributed by atoms with E-state index in [1.165, 1.54) is 46.3 Å². The van der Waals surface area contributed by atoms with Crippen LogP contribution in [0.3, 0.4) is 0 Å². The number of rotatable bonds is 6. The van der Waals surface area contributed by atoms with Gasteiger partial charge < -0.3 is 9.47 Å². The number of hydrogen-bond acceptors (Lipinski definition) is 7. The minimum absolute atomic E-state index is 0.0915. The number of fused-ring (bicyclic) bond motifs is 1. The van der Waals surface area contributed by atoms with Gasteiger partial charge in [0, 0.05) is 17.5 Å². The average Bonchev–Trinajstić information content (AvgIpc) is 3.29. The summed E-state index contributed by atoms with van der Waals surface area (Å²) in [5, 5.41) is 1.86. The molecule has 0 atom stereocenters. The first kappa shape index (κ1) is 22.2. The summed E-state index contributed by atoms with van der Waals surface area (Å²) >= 11 is 1.17. The summed E-state index contributed by atoms with van der Waals surface area (Å²) in [4.78, 5) is 16.5. The molecule has 0 unspecified atom stereocenters. The normalized spacial score (nSPS) is 13.5. The SMILES string of the molecule is CCOC(=O)c1cc2c(c(OC)c1)N(S(=O)(=O)c1csc(-c3ccc(F)cc3)n1)CCC2. The van der Waals surface area contributed by atoms with Crippen LogP contribution in [0.25, 0.3) is 10.6 Å². The van der Waals surface area contributed by atoms with E-state index in [2.05, 4.69) is 4.98 Å². The van der Waals surface area contributed by atoms with Crippen LogP contribution in [0.1, 0.15) is 29.3 Å². The summed E-state index contributed by atoms with van der Waals surface area (Å²) in [5.41, 5.74) is 2.04. The molecule has 1 aromatic heterocycles. The Balaban J connectivity index is 1.74. The molecule has 0 spiro atoms. The van der Waals surface area contributed by atoms with E-state index < -0.39 is 16.0 Å². The Morgan fingerprint density at radius 3 is 2.69 bits per heavy atom. The number of benzene rings is 2. The van der Waals surface area contributed by atoms with E-state index in [9.17, 15) is 17.6 Å². The Hall–Kier alpha value is -2.98. The van der Waals surface area contributed by atoms with Gasteiger partial charge >= 0.3 is 5.97 Å². The second kappa shape index (κ2) is 8.87. The van der Waals surface area contributed by atoms with E-state index in [-0.39, 0.29) is 29.7 Å². The average molecular weight is 477 g/mol. The van der Waals surface area contributed by atoms with Crippen LogP contribution >= 0.6 is 11.3 Å². The van der Waals surface area contributed by atoms with Gasteiger partial charge in [-0.15, -0.1) is 11.3 Å². The van der Waals surface area contributed by atoms with Gasteiger partial charge in [-0.25, -0.2) is 14.2 Å². The number of aryl methyl sites for hydroxylation is 1. The molecule has 0 N–H and O–H groups in total. The van der Waals surface area contributed by atoms with Crippen LogP contribution in [0, 0.1) is 5.82 Å². The summed E-state index contributed by atoms with van der Waals surface area (Å²) in [6.07, 6.45) is 1.18. The Morgan fingerprint density at radius 2 is 2.00 bits per heavy atom. The predicted molar refractivity (Wildman–Crippen MR) is 119 cm³/mol. The monoisotopic (exact) mass is 476 g/mol. The van der Waals surface area contributed by atoms with Crippen molar-refractivity contribution in [3.05, 3.63) is 58.7 Å². The zero-order valence-corrected chi connectivity index (χ0v) is 19.1. The number of thiazole rings is 1. The van der Waals surface area contributed by atoms with Crippen LogP contribution in [0.2, 0.25) is 0 Å². The van der Waals surface area contributed by atoms with Gasteiger partial charge in [-0.1, -0.05) is 0 Å². The van der Waals surface area contributed by atoms with Crippen molar-refractivity contribution in [2.75, 3.05) is 24.6 Å². The molecule has 0 bridgehead atoms. The molecule has 1 aliphatic rings. The zero-order chi connectivity index (χ0) is 22.9. The van der Waals surface area contributed by atoms with Crippen molar-refractivity contribution in [3.63, 3.8) is 0 Å². The molecule has 0 fully saturated rings. The lowest BCUT2D eigenvalue weighted by Gasteiger charge is -2.31. The fourth-order valence-corrected chi connectivity index (χ4v) is 6.23. The molecule has 32 heavy (non-hydrogen) atoms. The Labute approximate surface area is 189 Å². The third kappa shape index (κ3) is 4.07. The van der Waals surface area contributed by atoms with Crippen LogP contribution in [-0.4, -0.2) is 39.6 Å². The fourth-order valence-electron chi connectivity index (χ4n) is 3.61. The van der Waals surface area contributed by atoms with Crippen molar-refractivity contribution in [2.45, 2.75) is 24.8 Å². The van der Waals surface area contributed by atoms with Crippen LogP contribution < -0.4 is 9.04 Å². The maximum atomic E-state index is 13.5. The van der Waals surface area contributed by atoms with E-state index in [4.69, 9.17) is 9.47 Å². The summed E-state index contributed by atoms with van der Waals surface area (Å²) < 4.78 is 52.0. The molecule has 2 aromatic carbocycles. The molecular formula is C22H21FN2O5S2. The Bertz CT molecular complexity index is 1240. The van der Waals surface area contributed by atoms with Gasteiger partial charge in [-0.05, 0) is 61.7 Å². The van der Waals surface area contributed by atoms with Crippen LogP contribution in [0.5, 0.6) is 5.75 Å². The first-order valence-electron chi connectivity index (χ1n) is 9.97.